The normalized spacial score (nSPS) is 15.5. The van der Waals surface area contributed by atoms with Gasteiger partial charge in [0.15, 0.2) is 0 Å². The highest BCUT2D eigenvalue weighted by Crippen LogP contribution is 2.33. The van der Waals surface area contributed by atoms with E-state index in [0.717, 1.165) is 22.5 Å². The summed E-state index contributed by atoms with van der Waals surface area (Å²) >= 11 is 0. The molecule has 1 aromatic heterocycles. The molecule has 9 heteroatoms. The van der Waals surface area contributed by atoms with E-state index in [9.17, 15) is 14.4 Å². The van der Waals surface area contributed by atoms with Crippen LogP contribution in [0, 0.1) is 6.92 Å². The average molecular weight is 488 g/mol. The maximum atomic E-state index is 13.4. The number of aryl methyl sites for hydroxylation is 1. The molecule has 2 aromatic carbocycles. The molecule has 5 rings (SSSR count). The van der Waals surface area contributed by atoms with Crippen LogP contribution in [-0.2, 0) is 24.8 Å². The molecular weight excluding hydrogens is 458 g/mol. The number of ether oxygens (including phenoxy) is 1. The summed E-state index contributed by atoms with van der Waals surface area (Å²) in [6.07, 6.45) is 1.97. The number of hydrogen-bond acceptors (Lipinski definition) is 6. The Morgan fingerprint density at radius 2 is 1.72 bits per heavy atom. The second-order valence-corrected chi connectivity index (χ2v) is 9.13. The Hall–Kier alpha value is -4.14. The Morgan fingerprint density at radius 1 is 0.972 bits per heavy atom. The van der Waals surface area contributed by atoms with Crippen LogP contribution in [0.3, 0.4) is 0 Å². The molecule has 0 atom stereocenters. The van der Waals surface area contributed by atoms with Crippen LogP contribution in [0.25, 0.3) is 0 Å². The van der Waals surface area contributed by atoms with Gasteiger partial charge < -0.3 is 14.5 Å². The number of methoxy groups -OCH3 is 1. The number of rotatable bonds is 6. The molecule has 0 unspecified atom stereocenters. The van der Waals surface area contributed by atoms with Gasteiger partial charge in [0.2, 0.25) is 5.91 Å². The highest BCUT2D eigenvalue weighted by atomic mass is 16.5. The maximum Gasteiger partial charge on any atom is 0.263 e. The monoisotopic (exact) mass is 487 g/mol. The van der Waals surface area contributed by atoms with Crippen LogP contribution >= 0.6 is 0 Å². The van der Waals surface area contributed by atoms with Crippen molar-refractivity contribution in [2.45, 2.75) is 19.9 Å². The lowest BCUT2D eigenvalue weighted by atomic mass is 10.1. The number of carbonyl (C=O) groups excluding carboxylic acids is 3. The van der Waals surface area contributed by atoms with E-state index in [1.165, 1.54) is 4.90 Å². The minimum atomic E-state index is -0.288. The number of carbonyl (C=O) groups is 3. The summed E-state index contributed by atoms with van der Waals surface area (Å²) in [7, 11) is 3.44. The van der Waals surface area contributed by atoms with E-state index in [1.807, 2.05) is 55.3 Å². The van der Waals surface area contributed by atoms with Crippen molar-refractivity contribution in [1.82, 2.24) is 19.6 Å². The Bertz CT molecular complexity index is 1340. The highest BCUT2D eigenvalue weighted by molar-refractivity contribution is 6.23. The lowest BCUT2D eigenvalue weighted by Crippen LogP contribution is -2.49. The number of para-hydroxylation sites is 1. The number of benzene rings is 2. The fourth-order valence-corrected chi connectivity index (χ4v) is 4.91. The van der Waals surface area contributed by atoms with Crippen LogP contribution in [0.5, 0.6) is 5.75 Å². The Morgan fingerprint density at radius 3 is 2.42 bits per heavy atom. The predicted octanol–water partition coefficient (Wildman–Crippen LogP) is 2.42. The first kappa shape index (κ1) is 23.6. The van der Waals surface area contributed by atoms with Gasteiger partial charge in [-0.3, -0.25) is 24.0 Å². The van der Waals surface area contributed by atoms with E-state index in [4.69, 9.17) is 4.74 Å². The van der Waals surface area contributed by atoms with Gasteiger partial charge in [-0.05, 0) is 25.1 Å². The molecule has 2 aliphatic heterocycles. The van der Waals surface area contributed by atoms with Crippen molar-refractivity contribution >= 4 is 23.4 Å². The van der Waals surface area contributed by atoms with Gasteiger partial charge in [0.25, 0.3) is 11.8 Å². The fourth-order valence-electron chi connectivity index (χ4n) is 4.91. The standard InChI is InChI=1S/C27H29N5O4/c1-18-20(16-28-29(18)2)17-32-26(34)21-8-6-9-22(25(21)27(32)35)30-11-13-31(14-12-30)24(33)15-19-7-4-5-10-23(19)36-3/h4-10,16H,11-15,17H2,1-3H3. The predicted molar refractivity (Wildman–Crippen MR) is 134 cm³/mol. The number of nitrogens with zero attached hydrogens (tertiary/aromatic N) is 5. The van der Waals surface area contributed by atoms with Gasteiger partial charge in [0, 0.05) is 50.0 Å². The van der Waals surface area contributed by atoms with E-state index < -0.39 is 0 Å². The van der Waals surface area contributed by atoms with Crippen LogP contribution in [0.15, 0.2) is 48.7 Å². The van der Waals surface area contributed by atoms with Gasteiger partial charge in [0.1, 0.15) is 5.75 Å². The van der Waals surface area contributed by atoms with Gasteiger partial charge in [-0.1, -0.05) is 24.3 Å². The largest absolute Gasteiger partial charge is 0.496 e. The van der Waals surface area contributed by atoms with Crippen molar-refractivity contribution in [2.24, 2.45) is 7.05 Å². The summed E-state index contributed by atoms with van der Waals surface area (Å²) in [6.45, 7) is 4.35. The highest BCUT2D eigenvalue weighted by Gasteiger charge is 2.39. The second-order valence-electron chi connectivity index (χ2n) is 9.13. The van der Waals surface area contributed by atoms with Gasteiger partial charge in [-0.25, -0.2) is 0 Å². The average Bonchev–Trinajstić information content (AvgIpc) is 3.35. The molecule has 3 amide bonds. The third-order valence-electron chi connectivity index (χ3n) is 7.15. The van der Waals surface area contributed by atoms with E-state index >= 15 is 0 Å². The van der Waals surface area contributed by atoms with Gasteiger partial charge in [-0.2, -0.15) is 5.10 Å². The second kappa shape index (κ2) is 9.49. The Labute approximate surface area is 209 Å². The van der Waals surface area contributed by atoms with Gasteiger partial charge >= 0.3 is 0 Å². The van der Waals surface area contributed by atoms with E-state index in [1.54, 1.807) is 24.1 Å². The molecule has 186 valence electrons. The Balaban J connectivity index is 1.29. The van der Waals surface area contributed by atoms with Crippen molar-refractivity contribution in [1.29, 1.82) is 0 Å². The van der Waals surface area contributed by atoms with E-state index in [-0.39, 0.29) is 30.7 Å². The number of fused-ring (bicyclic) bond motifs is 1. The summed E-state index contributed by atoms with van der Waals surface area (Å²) in [6, 6.07) is 13.0. The fraction of sp³-hybridized carbons (Fsp3) is 0.333. The summed E-state index contributed by atoms with van der Waals surface area (Å²) in [5, 5.41) is 4.23. The molecule has 0 spiro atoms. The van der Waals surface area contributed by atoms with Gasteiger partial charge in [0.05, 0.1) is 43.1 Å². The first-order valence-electron chi connectivity index (χ1n) is 12.0. The number of hydrogen-bond donors (Lipinski definition) is 0. The zero-order valence-corrected chi connectivity index (χ0v) is 20.7. The molecule has 0 saturated carbocycles. The van der Waals surface area contributed by atoms with Crippen LogP contribution < -0.4 is 9.64 Å². The van der Waals surface area contributed by atoms with Crippen molar-refractivity contribution in [3.63, 3.8) is 0 Å². The van der Waals surface area contributed by atoms with E-state index in [0.29, 0.717) is 43.1 Å². The first-order valence-corrected chi connectivity index (χ1v) is 12.0. The van der Waals surface area contributed by atoms with Crippen molar-refractivity contribution in [2.75, 3.05) is 38.2 Å². The number of anilines is 1. The van der Waals surface area contributed by atoms with Crippen molar-refractivity contribution in [3.05, 3.63) is 76.6 Å². The molecule has 1 fully saturated rings. The Kier molecular flexibility index (Phi) is 6.22. The molecule has 3 aromatic rings. The summed E-state index contributed by atoms with van der Waals surface area (Å²) in [5.41, 5.74) is 4.23. The molecule has 36 heavy (non-hydrogen) atoms. The zero-order valence-electron chi connectivity index (χ0n) is 20.7. The SMILES string of the molecule is COc1ccccc1CC(=O)N1CCN(c2cccc3c2C(=O)N(Cc2cnn(C)c2C)C3=O)CC1. The minimum Gasteiger partial charge on any atom is -0.496 e. The minimum absolute atomic E-state index is 0.0433. The van der Waals surface area contributed by atoms with Crippen LogP contribution in [0.4, 0.5) is 5.69 Å². The third-order valence-corrected chi connectivity index (χ3v) is 7.15. The first-order chi connectivity index (χ1) is 17.4. The van der Waals surface area contributed by atoms with Crippen molar-refractivity contribution < 1.29 is 19.1 Å². The van der Waals surface area contributed by atoms with Crippen LogP contribution in [-0.4, -0.2) is 70.6 Å². The molecular formula is C27H29N5O4. The lowest BCUT2D eigenvalue weighted by molar-refractivity contribution is -0.130. The molecule has 1 saturated heterocycles. The summed E-state index contributed by atoms with van der Waals surface area (Å²) in [5.74, 6) is 0.175. The quantitative estimate of drug-likeness (QED) is 0.497. The molecule has 0 bridgehead atoms. The van der Waals surface area contributed by atoms with E-state index in [2.05, 4.69) is 10.00 Å². The third kappa shape index (κ3) is 4.10. The van der Waals surface area contributed by atoms with Gasteiger partial charge in [-0.15, -0.1) is 0 Å². The smallest absolute Gasteiger partial charge is 0.263 e. The number of piperazine rings is 1. The molecule has 0 radical (unpaired) electrons. The summed E-state index contributed by atoms with van der Waals surface area (Å²) in [4.78, 5) is 44.7. The number of imide groups is 1. The number of aromatic nitrogens is 2. The topological polar surface area (TPSA) is 88.0 Å². The molecule has 0 aliphatic carbocycles. The summed E-state index contributed by atoms with van der Waals surface area (Å²) < 4.78 is 7.11. The van der Waals surface area contributed by atoms with Crippen LogP contribution in [0.1, 0.15) is 37.5 Å². The molecule has 2 aliphatic rings. The van der Waals surface area contributed by atoms with Crippen molar-refractivity contribution in [3.8, 4) is 5.75 Å². The van der Waals surface area contributed by atoms with Crippen LogP contribution in [0.2, 0.25) is 0 Å². The molecule has 9 nitrogen and oxygen atoms in total. The zero-order chi connectivity index (χ0) is 25.4. The maximum absolute atomic E-state index is 13.4. The molecule has 3 heterocycles. The molecule has 0 N–H and O–H groups in total. The lowest BCUT2D eigenvalue weighted by Gasteiger charge is -2.36. The number of amides is 3.